The van der Waals surface area contributed by atoms with Gasteiger partial charge in [-0.05, 0) is 31.2 Å². The molecule has 3 N–H and O–H groups in total. The van der Waals surface area contributed by atoms with Crippen LogP contribution < -0.4 is 20.7 Å². The summed E-state index contributed by atoms with van der Waals surface area (Å²) in [4.78, 5) is 33.7. The van der Waals surface area contributed by atoms with Gasteiger partial charge in [-0.2, -0.15) is 5.10 Å². The van der Waals surface area contributed by atoms with Crippen molar-refractivity contribution in [2.45, 2.75) is 25.2 Å². The van der Waals surface area contributed by atoms with Gasteiger partial charge in [-0.15, -0.1) is 0 Å². The zero-order valence-corrected chi connectivity index (χ0v) is 21.0. The minimum atomic E-state index is -0.647. The van der Waals surface area contributed by atoms with E-state index in [1.54, 1.807) is 51.1 Å². The molecule has 1 aromatic carbocycles. The van der Waals surface area contributed by atoms with E-state index in [0.717, 1.165) is 0 Å². The summed E-state index contributed by atoms with van der Waals surface area (Å²) in [6, 6.07) is 7.03. The summed E-state index contributed by atoms with van der Waals surface area (Å²) in [5.41, 5.74) is 1.94. The minimum absolute atomic E-state index is 0.215. The Hall–Kier alpha value is -3.96. The SMILES string of the molecule is BC(B)(B)NC(=O)c1cnc(NC(=O)OC(C)C)cc1Nc1cccc(-c2ncn(C)n2)c1OC. The number of para-hydroxylation sites is 1. The maximum atomic E-state index is 13.0. The second-order valence-corrected chi connectivity index (χ2v) is 9.15. The Bertz CT molecular complexity index is 1230. The molecular formula is C21H28B3N7O4. The lowest BCUT2D eigenvalue weighted by Crippen LogP contribution is -2.50. The quantitative estimate of drug-likeness (QED) is 0.383. The molecule has 0 bridgehead atoms. The lowest BCUT2D eigenvalue weighted by Gasteiger charge is -2.22. The predicted molar refractivity (Wildman–Crippen MR) is 142 cm³/mol. The van der Waals surface area contributed by atoms with E-state index >= 15 is 0 Å². The van der Waals surface area contributed by atoms with Crippen molar-refractivity contribution in [1.29, 1.82) is 0 Å². The molecule has 14 heteroatoms. The number of pyridine rings is 1. The van der Waals surface area contributed by atoms with Gasteiger partial charge in [0, 0.05) is 19.3 Å². The number of methoxy groups -OCH3 is 1. The molecule has 11 nitrogen and oxygen atoms in total. The molecule has 2 heterocycles. The lowest BCUT2D eigenvalue weighted by atomic mass is 9.49. The number of hydrogen-bond acceptors (Lipinski definition) is 8. The van der Waals surface area contributed by atoms with E-state index in [1.807, 2.05) is 35.7 Å². The van der Waals surface area contributed by atoms with Gasteiger partial charge in [0.15, 0.2) is 11.6 Å². The largest absolute Gasteiger partial charge is 0.494 e. The number of aryl methyl sites for hydroxylation is 1. The molecule has 0 atom stereocenters. The van der Waals surface area contributed by atoms with E-state index in [9.17, 15) is 9.59 Å². The highest BCUT2D eigenvalue weighted by molar-refractivity contribution is 6.60. The molecule has 2 amide bonds. The first kappa shape index (κ1) is 25.7. The zero-order chi connectivity index (χ0) is 25.8. The predicted octanol–water partition coefficient (Wildman–Crippen LogP) is -0.173. The second kappa shape index (κ2) is 10.5. The van der Waals surface area contributed by atoms with Crippen molar-refractivity contribution in [3.05, 3.63) is 42.4 Å². The van der Waals surface area contributed by atoms with Gasteiger partial charge in [0.2, 0.25) is 0 Å². The monoisotopic (exact) mass is 475 g/mol. The molecule has 35 heavy (non-hydrogen) atoms. The molecule has 0 radical (unpaired) electrons. The first-order valence-corrected chi connectivity index (χ1v) is 11.1. The van der Waals surface area contributed by atoms with Gasteiger partial charge in [0.25, 0.3) is 5.91 Å². The van der Waals surface area contributed by atoms with Crippen LogP contribution in [0.25, 0.3) is 11.4 Å². The normalized spacial score (nSPS) is 11.1. The summed E-state index contributed by atoms with van der Waals surface area (Å²) in [5.74, 6) is 0.871. The van der Waals surface area contributed by atoms with Crippen molar-refractivity contribution < 1.29 is 19.1 Å². The molecule has 180 valence electrons. The highest BCUT2D eigenvalue weighted by Crippen LogP contribution is 2.37. The Morgan fingerprint density at radius 3 is 2.49 bits per heavy atom. The number of ether oxygens (including phenoxy) is 2. The second-order valence-electron chi connectivity index (χ2n) is 9.15. The average molecular weight is 475 g/mol. The van der Waals surface area contributed by atoms with Crippen molar-refractivity contribution in [2.24, 2.45) is 7.05 Å². The van der Waals surface area contributed by atoms with Crippen LogP contribution in [0.4, 0.5) is 22.0 Å². The Kier molecular flexibility index (Phi) is 7.73. The van der Waals surface area contributed by atoms with E-state index in [4.69, 9.17) is 9.47 Å². The number of hydrogen-bond donors (Lipinski definition) is 3. The first-order valence-electron chi connectivity index (χ1n) is 11.1. The summed E-state index contributed by atoms with van der Waals surface area (Å²) >= 11 is 0. The fourth-order valence-electron chi connectivity index (χ4n) is 3.20. The average Bonchev–Trinajstić information content (AvgIpc) is 3.18. The zero-order valence-electron chi connectivity index (χ0n) is 21.0. The van der Waals surface area contributed by atoms with Crippen LogP contribution in [0.3, 0.4) is 0 Å². The first-order chi connectivity index (χ1) is 16.5. The molecule has 0 spiro atoms. The van der Waals surface area contributed by atoms with Crippen LogP contribution in [0.5, 0.6) is 5.75 Å². The molecule has 0 aliphatic carbocycles. The van der Waals surface area contributed by atoms with Crippen LogP contribution in [-0.2, 0) is 11.8 Å². The topological polar surface area (TPSA) is 132 Å². The number of carbonyl (C=O) groups excluding carboxylic acids is 2. The smallest absolute Gasteiger partial charge is 0.413 e. The number of carbonyl (C=O) groups is 2. The van der Waals surface area contributed by atoms with Crippen molar-refractivity contribution in [3.8, 4) is 17.1 Å². The highest BCUT2D eigenvalue weighted by atomic mass is 16.6. The van der Waals surface area contributed by atoms with Crippen LogP contribution in [-0.4, -0.2) is 73.7 Å². The standard InChI is InChI=1S/C21H28B3N7O4/c1-11(2)35-20(33)28-16-8-15(13(9-25-16)19(32)29-21(22,23)24)27-14-7-5-6-12(17(14)34-4)18-26-10-31(3)30-18/h5-11H,22-24H2,1-4H3,(H,29,32)(H2,25,27,28,33). The van der Waals surface area contributed by atoms with Crippen LogP contribution >= 0.6 is 0 Å². The fourth-order valence-corrected chi connectivity index (χ4v) is 3.20. The van der Waals surface area contributed by atoms with Gasteiger partial charge in [-0.25, -0.2) is 14.8 Å². The van der Waals surface area contributed by atoms with Crippen molar-refractivity contribution in [1.82, 2.24) is 25.1 Å². The van der Waals surface area contributed by atoms with E-state index in [1.165, 1.54) is 6.20 Å². The molecule has 0 saturated heterocycles. The van der Waals surface area contributed by atoms with Gasteiger partial charge in [-0.1, -0.05) is 6.07 Å². The summed E-state index contributed by atoms with van der Waals surface area (Å²) < 4.78 is 12.4. The molecule has 3 aromatic rings. The number of amides is 2. The van der Waals surface area contributed by atoms with Gasteiger partial charge in [-0.3, -0.25) is 14.8 Å². The molecule has 0 aliphatic rings. The Labute approximate surface area is 206 Å². The van der Waals surface area contributed by atoms with E-state index in [0.29, 0.717) is 28.5 Å². The van der Waals surface area contributed by atoms with Gasteiger partial charge in [0.05, 0.1) is 35.7 Å². The Morgan fingerprint density at radius 1 is 1.14 bits per heavy atom. The number of aromatic nitrogens is 4. The fraction of sp³-hybridized carbons (Fsp3) is 0.286. The maximum absolute atomic E-state index is 13.0. The lowest BCUT2D eigenvalue weighted by molar-refractivity contribution is 0.0953. The van der Waals surface area contributed by atoms with Crippen molar-refractivity contribution in [2.75, 3.05) is 17.7 Å². The molecule has 2 aromatic heterocycles. The van der Waals surface area contributed by atoms with Crippen LogP contribution in [0.15, 0.2) is 36.8 Å². The van der Waals surface area contributed by atoms with Crippen LogP contribution in [0.2, 0.25) is 0 Å². The van der Waals surface area contributed by atoms with E-state index in [-0.39, 0.29) is 23.4 Å². The molecule has 3 rings (SSSR count). The summed E-state index contributed by atoms with van der Waals surface area (Å²) in [6.07, 6.45) is 2.05. The maximum Gasteiger partial charge on any atom is 0.413 e. The number of nitrogens with zero attached hydrogens (tertiary/aromatic N) is 4. The van der Waals surface area contributed by atoms with Gasteiger partial charge in [0.1, 0.15) is 35.7 Å². The molecule has 0 aliphatic heterocycles. The summed E-state index contributed by atoms with van der Waals surface area (Å²) in [7, 11) is 8.98. The number of rotatable bonds is 8. The number of nitrogens with one attached hydrogen (secondary N) is 3. The Balaban J connectivity index is 2.03. The third-order valence-electron chi connectivity index (χ3n) is 4.54. The molecule has 0 unspecified atom stereocenters. The van der Waals surface area contributed by atoms with E-state index in [2.05, 4.69) is 31.0 Å². The highest BCUT2D eigenvalue weighted by Gasteiger charge is 2.22. The molecule has 0 saturated carbocycles. The summed E-state index contributed by atoms with van der Waals surface area (Å²) in [6.45, 7) is 3.49. The summed E-state index contributed by atoms with van der Waals surface area (Å²) in [5, 5.41) is 12.7. The van der Waals surface area contributed by atoms with Crippen LogP contribution in [0.1, 0.15) is 24.2 Å². The Morgan fingerprint density at radius 2 is 1.89 bits per heavy atom. The third-order valence-corrected chi connectivity index (χ3v) is 4.54. The number of anilines is 3. The minimum Gasteiger partial charge on any atom is -0.494 e. The van der Waals surface area contributed by atoms with Crippen molar-refractivity contribution >= 4 is 52.7 Å². The van der Waals surface area contributed by atoms with Gasteiger partial charge >= 0.3 is 6.09 Å². The number of benzene rings is 1. The van der Waals surface area contributed by atoms with Gasteiger partial charge < -0.3 is 20.1 Å². The van der Waals surface area contributed by atoms with Crippen LogP contribution in [0, 0.1) is 0 Å². The molecule has 0 fully saturated rings. The van der Waals surface area contributed by atoms with E-state index < -0.39 is 11.3 Å². The third kappa shape index (κ3) is 6.78. The molecular weight excluding hydrogens is 447 g/mol. The van der Waals surface area contributed by atoms with Crippen molar-refractivity contribution in [3.63, 3.8) is 0 Å².